The highest BCUT2D eigenvalue weighted by Crippen LogP contribution is 2.56. The number of thioether (sulfide) groups is 1. The van der Waals surface area contributed by atoms with E-state index in [1.807, 2.05) is 13.8 Å². The Balaban J connectivity index is 1.43. The number of nitrogens with one attached hydrogen (secondary N) is 1. The number of benzene rings is 1. The molecule has 0 aliphatic carbocycles. The molecule has 1 aromatic heterocycles. The second kappa shape index (κ2) is 8.79. The Morgan fingerprint density at radius 2 is 1.94 bits per heavy atom. The van der Waals surface area contributed by atoms with Gasteiger partial charge in [-0.15, -0.1) is 26.8 Å². The number of hydrogen-bond donors (Lipinski definition) is 3. The highest BCUT2D eigenvalue weighted by atomic mass is 32.2. The van der Waals surface area contributed by atoms with Gasteiger partial charge in [0.1, 0.15) is 29.2 Å². The number of ether oxygens (including phenoxy) is 1. The summed E-state index contributed by atoms with van der Waals surface area (Å²) in [5.74, 6) is -0.745. The van der Waals surface area contributed by atoms with E-state index in [1.165, 1.54) is 28.7 Å². The molecule has 2 saturated heterocycles. The van der Waals surface area contributed by atoms with Crippen molar-refractivity contribution in [3.8, 4) is 5.75 Å². The van der Waals surface area contributed by atoms with Crippen molar-refractivity contribution in [3.05, 3.63) is 35.7 Å². The zero-order chi connectivity index (χ0) is 25.7. The van der Waals surface area contributed by atoms with Crippen LogP contribution in [-0.4, -0.2) is 64.2 Å². The predicted octanol–water partition coefficient (Wildman–Crippen LogP) is 0.845. The SMILES string of the molecule is CC(C)(C)C(=O)OCn1nnc(C2N3C(=O)C(NC(=O)C(N)c4ccc(O)cc4)[C@H]3SC2(C)C)n1. The third-order valence-corrected chi connectivity index (χ3v) is 7.48. The summed E-state index contributed by atoms with van der Waals surface area (Å²) < 4.78 is 4.77. The van der Waals surface area contributed by atoms with Crippen molar-refractivity contribution in [2.75, 3.05) is 0 Å². The number of aromatic nitrogens is 4. The van der Waals surface area contributed by atoms with Gasteiger partial charge in [-0.3, -0.25) is 14.4 Å². The first kappa shape index (κ1) is 24.9. The number of amides is 2. The number of fused-ring (bicyclic) bond motifs is 1. The molecule has 3 unspecified atom stereocenters. The van der Waals surface area contributed by atoms with Gasteiger partial charge in [0.05, 0.1) is 5.41 Å². The van der Waals surface area contributed by atoms with Gasteiger partial charge in [0.15, 0.2) is 5.82 Å². The Bertz CT molecular complexity index is 1140. The fourth-order valence-electron chi connectivity index (χ4n) is 3.99. The Hall–Kier alpha value is -3.19. The van der Waals surface area contributed by atoms with Crippen molar-refractivity contribution >= 4 is 29.5 Å². The number of aromatic hydroxyl groups is 1. The van der Waals surface area contributed by atoms with Crippen molar-refractivity contribution in [3.63, 3.8) is 0 Å². The van der Waals surface area contributed by atoms with Crippen LogP contribution in [-0.2, 0) is 25.9 Å². The number of carbonyl (C=O) groups is 3. The van der Waals surface area contributed by atoms with E-state index in [4.69, 9.17) is 10.5 Å². The molecule has 188 valence electrons. The van der Waals surface area contributed by atoms with Crippen molar-refractivity contribution in [2.45, 2.75) is 69.6 Å². The average molecular weight is 504 g/mol. The molecule has 12 nitrogen and oxygen atoms in total. The van der Waals surface area contributed by atoms with Gasteiger partial charge in [-0.2, -0.15) is 0 Å². The van der Waals surface area contributed by atoms with Crippen molar-refractivity contribution < 1.29 is 24.2 Å². The fraction of sp³-hybridized carbons (Fsp3) is 0.545. The molecular formula is C22H29N7O5S. The van der Waals surface area contributed by atoms with Gasteiger partial charge in [0.25, 0.3) is 0 Å². The Morgan fingerprint density at radius 3 is 2.57 bits per heavy atom. The number of hydrogen-bond acceptors (Lipinski definition) is 10. The minimum absolute atomic E-state index is 0.0692. The number of esters is 1. The van der Waals surface area contributed by atoms with Gasteiger partial charge in [-0.1, -0.05) is 12.1 Å². The van der Waals surface area contributed by atoms with Crippen LogP contribution in [0, 0.1) is 5.41 Å². The summed E-state index contributed by atoms with van der Waals surface area (Å²) >= 11 is 1.53. The minimum atomic E-state index is -0.981. The van der Waals surface area contributed by atoms with E-state index in [-0.39, 0.29) is 23.8 Å². The molecular weight excluding hydrogens is 474 g/mol. The number of carbonyl (C=O) groups excluding carboxylic acids is 3. The van der Waals surface area contributed by atoms with Gasteiger partial charge in [0, 0.05) is 4.75 Å². The molecule has 3 heterocycles. The number of tetrazole rings is 1. The summed E-state index contributed by atoms with van der Waals surface area (Å²) in [4.78, 5) is 40.6. The molecule has 0 radical (unpaired) electrons. The minimum Gasteiger partial charge on any atom is -0.508 e. The van der Waals surface area contributed by atoms with Crippen LogP contribution in [0.5, 0.6) is 5.75 Å². The van der Waals surface area contributed by atoms with Crippen LogP contribution in [0.25, 0.3) is 0 Å². The Kier molecular flexibility index (Phi) is 6.26. The van der Waals surface area contributed by atoms with Gasteiger partial charge < -0.3 is 25.8 Å². The van der Waals surface area contributed by atoms with Crippen molar-refractivity contribution in [1.29, 1.82) is 0 Å². The second-order valence-corrected chi connectivity index (χ2v) is 11.9. The van der Waals surface area contributed by atoms with E-state index in [2.05, 4.69) is 20.7 Å². The summed E-state index contributed by atoms with van der Waals surface area (Å²) in [5, 5.41) is 24.3. The normalized spacial score (nSPS) is 23.9. The molecule has 4 atom stereocenters. The van der Waals surface area contributed by atoms with Crippen molar-refractivity contribution in [1.82, 2.24) is 30.4 Å². The van der Waals surface area contributed by atoms with E-state index < -0.39 is 40.2 Å². The smallest absolute Gasteiger partial charge is 0.313 e. The molecule has 0 saturated carbocycles. The van der Waals surface area contributed by atoms with Crippen LogP contribution in [0.15, 0.2) is 24.3 Å². The second-order valence-electron chi connectivity index (χ2n) is 10.1. The number of β-lactam (4-membered cyclic amide) rings is 1. The average Bonchev–Trinajstić information content (AvgIpc) is 3.34. The molecule has 1 aromatic carbocycles. The largest absolute Gasteiger partial charge is 0.508 e. The summed E-state index contributed by atoms with van der Waals surface area (Å²) in [6, 6.07) is 3.83. The molecule has 2 fully saturated rings. The van der Waals surface area contributed by atoms with Crippen LogP contribution in [0.1, 0.15) is 58.1 Å². The predicted molar refractivity (Wildman–Crippen MR) is 125 cm³/mol. The number of phenolic OH excluding ortho intramolecular Hbond substituents is 1. The standard InChI is InChI=1S/C22H29N7O5S/c1-21(2,3)20(33)34-10-28-26-16(25-27-28)15-22(4,5)35-19-14(18(32)29(15)19)24-17(31)13(23)11-6-8-12(30)9-7-11/h6-9,13-15,19,30H,10,23H2,1-5H3,(H,24,31)/t13?,14?,15?,19-/m1/s1. The highest BCUT2D eigenvalue weighted by Gasteiger charge is 2.63. The van der Waals surface area contributed by atoms with E-state index in [1.54, 1.807) is 37.8 Å². The lowest BCUT2D eigenvalue weighted by Crippen LogP contribution is -2.68. The zero-order valence-electron chi connectivity index (χ0n) is 20.1. The van der Waals surface area contributed by atoms with Crippen LogP contribution in [0.2, 0.25) is 0 Å². The molecule has 35 heavy (non-hydrogen) atoms. The maximum Gasteiger partial charge on any atom is 0.313 e. The van der Waals surface area contributed by atoms with Gasteiger partial charge >= 0.3 is 5.97 Å². The van der Waals surface area contributed by atoms with E-state index in [0.717, 1.165) is 0 Å². The molecule has 2 amide bonds. The van der Waals surface area contributed by atoms with Gasteiger partial charge in [-0.05, 0) is 57.5 Å². The Labute approximate surface area is 206 Å². The summed E-state index contributed by atoms with van der Waals surface area (Å²) in [7, 11) is 0. The number of nitrogens with two attached hydrogens (primary N) is 1. The zero-order valence-corrected chi connectivity index (χ0v) is 20.9. The third-order valence-electron chi connectivity index (χ3n) is 5.91. The van der Waals surface area contributed by atoms with Crippen LogP contribution in [0.3, 0.4) is 0 Å². The van der Waals surface area contributed by atoms with Gasteiger partial charge in [0.2, 0.25) is 18.5 Å². The Morgan fingerprint density at radius 1 is 1.29 bits per heavy atom. The summed E-state index contributed by atoms with van der Waals surface area (Å²) in [6.45, 7) is 8.99. The molecule has 2 aromatic rings. The molecule has 13 heteroatoms. The lowest BCUT2D eigenvalue weighted by atomic mass is 9.95. The number of phenols is 1. The topological polar surface area (TPSA) is 166 Å². The number of rotatable bonds is 6. The van der Waals surface area contributed by atoms with Crippen LogP contribution >= 0.6 is 11.8 Å². The van der Waals surface area contributed by atoms with Crippen molar-refractivity contribution in [2.24, 2.45) is 11.1 Å². The molecule has 4 N–H and O–H groups in total. The fourth-order valence-corrected chi connectivity index (χ4v) is 5.62. The summed E-state index contributed by atoms with van der Waals surface area (Å²) in [5.41, 5.74) is 5.92. The first-order valence-corrected chi connectivity index (χ1v) is 12.0. The number of nitrogens with zero attached hydrogens (tertiary/aromatic N) is 5. The third kappa shape index (κ3) is 4.69. The van der Waals surface area contributed by atoms with Crippen LogP contribution in [0.4, 0.5) is 0 Å². The molecule has 0 bridgehead atoms. The molecule has 0 spiro atoms. The lowest BCUT2D eigenvalue weighted by molar-refractivity contribution is -0.158. The maximum absolute atomic E-state index is 13.1. The quantitative estimate of drug-likeness (QED) is 0.380. The maximum atomic E-state index is 13.1. The molecule has 2 aliphatic rings. The molecule has 4 rings (SSSR count). The summed E-state index contributed by atoms with van der Waals surface area (Å²) in [6.07, 6.45) is 0. The lowest BCUT2D eigenvalue weighted by Gasteiger charge is -2.44. The first-order chi connectivity index (χ1) is 16.3. The molecule has 2 aliphatic heterocycles. The van der Waals surface area contributed by atoms with E-state index >= 15 is 0 Å². The van der Waals surface area contributed by atoms with E-state index in [0.29, 0.717) is 11.4 Å². The van der Waals surface area contributed by atoms with Gasteiger partial charge in [-0.25, -0.2) is 0 Å². The first-order valence-electron chi connectivity index (χ1n) is 11.1. The van der Waals surface area contributed by atoms with Crippen LogP contribution < -0.4 is 11.1 Å². The van der Waals surface area contributed by atoms with E-state index in [9.17, 15) is 19.5 Å². The highest BCUT2D eigenvalue weighted by molar-refractivity contribution is 8.01. The monoisotopic (exact) mass is 503 g/mol.